The van der Waals surface area contributed by atoms with E-state index in [1.807, 2.05) is 6.26 Å². The van der Waals surface area contributed by atoms with E-state index in [-0.39, 0.29) is 11.9 Å². The molecule has 0 bridgehead atoms. The Morgan fingerprint density at radius 2 is 2.08 bits per heavy atom. The molecule has 0 spiro atoms. The van der Waals surface area contributed by atoms with Crippen LogP contribution in [0.4, 0.5) is 5.82 Å². The number of nitrogens with zero attached hydrogens (tertiary/aromatic N) is 2. The summed E-state index contributed by atoms with van der Waals surface area (Å²) in [6.45, 7) is 5.40. The molecule has 24 heavy (non-hydrogen) atoms. The number of thiophene rings is 1. The van der Waals surface area contributed by atoms with E-state index < -0.39 is 0 Å². The molecule has 3 heterocycles. The largest absolute Gasteiger partial charge is 0.370 e. The molecule has 2 aromatic rings. The molecule has 0 saturated heterocycles. The Labute approximate surface area is 150 Å². The second-order valence-electron chi connectivity index (χ2n) is 6.25. The van der Waals surface area contributed by atoms with E-state index in [2.05, 4.69) is 29.1 Å². The quantitative estimate of drug-likeness (QED) is 0.476. The van der Waals surface area contributed by atoms with E-state index in [1.54, 1.807) is 25.6 Å². The summed E-state index contributed by atoms with van der Waals surface area (Å²) in [6, 6.07) is 0. The number of methoxy groups -OCH3 is 2. The number of ether oxygens (including phenoxy) is 3. The molecule has 8 heteroatoms. The van der Waals surface area contributed by atoms with Crippen molar-refractivity contribution in [2.45, 2.75) is 43.9 Å². The van der Waals surface area contributed by atoms with Crippen molar-refractivity contribution in [2.75, 3.05) is 32.3 Å². The third kappa shape index (κ3) is 3.52. The van der Waals surface area contributed by atoms with Gasteiger partial charge in [0.15, 0.2) is 11.4 Å². The lowest BCUT2D eigenvalue weighted by molar-refractivity contribution is -0.0914. The monoisotopic (exact) mass is 369 g/mol. The van der Waals surface area contributed by atoms with Gasteiger partial charge < -0.3 is 19.5 Å². The number of nitrogens with one attached hydrogen (secondary N) is 1. The lowest BCUT2D eigenvalue weighted by Crippen LogP contribution is -2.31. The molecule has 0 aliphatic carbocycles. The van der Waals surface area contributed by atoms with Gasteiger partial charge in [-0.25, -0.2) is 9.97 Å². The van der Waals surface area contributed by atoms with E-state index >= 15 is 0 Å². The number of thioether (sulfide) groups is 1. The maximum absolute atomic E-state index is 5.95. The molecule has 2 aromatic heterocycles. The molecule has 1 N–H and O–H groups in total. The van der Waals surface area contributed by atoms with Gasteiger partial charge in [0.25, 0.3) is 0 Å². The van der Waals surface area contributed by atoms with Gasteiger partial charge in [-0.3, -0.25) is 0 Å². The molecule has 1 aliphatic heterocycles. The minimum Gasteiger partial charge on any atom is -0.370 e. The highest BCUT2D eigenvalue weighted by Crippen LogP contribution is 2.41. The number of anilines is 1. The summed E-state index contributed by atoms with van der Waals surface area (Å²) in [7, 11) is 3.26. The van der Waals surface area contributed by atoms with Crippen molar-refractivity contribution in [3.63, 3.8) is 0 Å². The molecular formula is C16H23N3O3S2. The molecule has 0 amide bonds. The first-order valence-electron chi connectivity index (χ1n) is 7.77. The van der Waals surface area contributed by atoms with E-state index in [1.165, 1.54) is 22.2 Å². The molecule has 132 valence electrons. The van der Waals surface area contributed by atoms with E-state index in [9.17, 15) is 0 Å². The lowest BCUT2D eigenvalue weighted by atomic mass is 9.94. The molecule has 0 radical (unpaired) electrons. The van der Waals surface area contributed by atoms with Gasteiger partial charge in [-0.05, 0) is 25.7 Å². The second kappa shape index (κ2) is 7.13. The number of hydrogen-bond acceptors (Lipinski definition) is 8. The Morgan fingerprint density at radius 1 is 1.33 bits per heavy atom. The van der Waals surface area contributed by atoms with Gasteiger partial charge in [0.05, 0.1) is 24.1 Å². The molecule has 0 saturated carbocycles. The average Bonchev–Trinajstić information content (AvgIpc) is 2.92. The highest BCUT2D eigenvalue weighted by atomic mass is 32.2. The smallest absolute Gasteiger partial charge is 0.190 e. The molecule has 0 fully saturated rings. The van der Waals surface area contributed by atoms with Crippen molar-refractivity contribution < 1.29 is 14.2 Å². The average molecular weight is 370 g/mol. The fraction of sp³-hybridized carbons (Fsp3) is 0.625. The summed E-state index contributed by atoms with van der Waals surface area (Å²) in [5.41, 5.74) is 1.13. The van der Waals surface area contributed by atoms with E-state index in [4.69, 9.17) is 14.2 Å². The normalized spacial score (nSPS) is 16.6. The van der Waals surface area contributed by atoms with Crippen molar-refractivity contribution in [3.8, 4) is 0 Å². The van der Waals surface area contributed by atoms with Crippen LogP contribution in [0.1, 0.15) is 24.3 Å². The van der Waals surface area contributed by atoms with Crippen LogP contribution in [0.25, 0.3) is 10.2 Å². The summed E-state index contributed by atoms with van der Waals surface area (Å²) >= 11 is 3.24. The highest BCUT2D eigenvalue weighted by Gasteiger charge is 2.31. The summed E-state index contributed by atoms with van der Waals surface area (Å²) in [4.78, 5) is 11.6. The van der Waals surface area contributed by atoms with Gasteiger partial charge in [-0.2, -0.15) is 0 Å². The molecular weight excluding hydrogens is 346 g/mol. The Balaban J connectivity index is 2.04. The van der Waals surface area contributed by atoms with Crippen LogP contribution in [0.5, 0.6) is 0 Å². The van der Waals surface area contributed by atoms with Crippen LogP contribution in [0.15, 0.2) is 5.16 Å². The van der Waals surface area contributed by atoms with Crippen LogP contribution in [-0.2, 0) is 27.2 Å². The number of hydrogen-bond donors (Lipinski definition) is 1. The second-order valence-corrected chi connectivity index (χ2v) is 8.11. The Kier molecular flexibility index (Phi) is 5.31. The van der Waals surface area contributed by atoms with Gasteiger partial charge in [0.1, 0.15) is 10.6 Å². The SMILES string of the molecule is COC(CNc1nc(SC)nc2sc3c(c12)CC(C)(C)OC3)OC. The maximum atomic E-state index is 5.95. The molecule has 0 aromatic carbocycles. The Morgan fingerprint density at radius 3 is 2.75 bits per heavy atom. The van der Waals surface area contributed by atoms with E-state index in [0.29, 0.717) is 13.2 Å². The van der Waals surface area contributed by atoms with Crippen LogP contribution in [-0.4, -0.2) is 48.9 Å². The van der Waals surface area contributed by atoms with Crippen LogP contribution >= 0.6 is 23.1 Å². The molecule has 3 rings (SSSR count). The Hall–Kier alpha value is -0.930. The van der Waals surface area contributed by atoms with Crippen molar-refractivity contribution >= 4 is 39.1 Å². The molecule has 0 unspecified atom stereocenters. The van der Waals surface area contributed by atoms with Crippen LogP contribution in [0.3, 0.4) is 0 Å². The maximum Gasteiger partial charge on any atom is 0.190 e. The predicted octanol–water partition coefficient (Wildman–Crippen LogP) is 3.30. The van der Waals surface area contributed by atoms with Gasteiger partial charge in [0.2, 0.25) is 0 Å². The fourth-order valence-electron chi connectivity index (χ4n) is 2.79. The summed E-state index contributed by atoms with van der Waals surface area (Å²) in [5, 5.41) is 5.25. The first kappa shape index (κ1) is 17.9. The topological polar surface area (TPSA) is 65.5 Å². The van der Waals surface area contributed by atoms with E-state index in [0.717, 1.165) is 27.6 Å². The van der Waals surface area contributed by atoms with Gasteiger partial charge in [-0.15, -0.1) is 11.3 Å². The van der Waals surface area contributed by atoms with Crippen molar-refractivity contribution in [2.24, 2.45) is 0 Å². The lowest BCUT2D eigenvalue weighted by Gasteiger charge is -2.30. The summed E-state index contributed by atoms with van der Waals surface area (Å²) in [5.74, 6) is 0.846. The van der Waals surface area contributed by atoms with Crippen molar-refractivity contribution in [1.29, 1.82) is 0 Å². The fourth-order valence-corrected chi connectivity index (χ4v) is 4.31. The summed E-state index contributed by atoms with van der Waals surface area (Å²) in [6.07, 6.45) is 2.52. The zero-order chi connectivity index (χ0) is 17.3. The van der Waals surface area contributed by atoms with Crippen LogP contribution in [0, 0.1) is 0 Å². The third-order valence-electron chi connectivity index (χ3n) is 4.05. The van der Waals surface area contributed by atoms with Gasteiger partial charge >= 0.3 is 0 Å². The number of fused-ring (bicyclic) bond motifs is 3. The first-order valence-corrected chi connectivity index (χ1v) is 9.81. The summed E-state index contributed by atoms with van der Waals surface area (Å²) < 4.78 is 16.5. The highest BCUT2D eigenvalue weighted by molar-refractivity contribution is 7.98. The van der Waals surface area contributed by atoms with Crippen LogP contribution < -0.4 is 5.32 Å². The molecule has 1 aliphatic rings. The van der Waals surface area contributed by atoms with Gasteiger partial charge in [-0.1, -0.05) is 11.8 Å². The first-order chi connectivity index (χ1) is 11.5. The van der Waals surface area contributed by atoms with Crippen molar-refractivity contribution in [1.82, 2.24) is 9.97 Å². The molecule has 0 atom stereocenters. The molecule has 6 nitrogen and oxygen atoms in total. The van der Waals surface area contributed by atoms with Crippen molar-refractivity contribution in [3.05, 3.63) is 10.4 Å². The standard InChI is InChI=1S/C16H23N3O3S2/c1-16(2)6-9-10(8-22-16)24-14-12(9)13(18-15(19-14)23-5)17-7-11(20-3)21-4/h11H,6-8H2,1-5H3,(H,17,18,19). The zero-order valence-electron chi connectivity index (χ0n) is 14.6. The predicted molar refractivity (Wildman–Crippen MR) is 98.1 cm³/mol. The minimum atomic E-state index is -0.318. The Bertz CT molecular complexity index is 729. The third-order valence-corrected chi connectivity index (χ3v) is 5.70. The van der Waals surface area contributed by atoms with Crippen LogP contribution in [0.2, 0.25) is 0 Å². The zero-order valence-corrected chi connectivity index (χ0v) is 16.3. The minimum absolute atomic E-state index is 0.169. The number of rotatable bonds is 6. The number of aromatic nitrogens is 2. The van der Waals surface area contributed by atoms with Gasteiger partial charge in [0, 0.05) is 25.5 Å².